The van der Waals surface area contributed by atoms with Crippen molar-refractivity contribution in [3.05, 3.63) is 95.3 Å². The summed E-state index contributed by atoms with van der Waals surface area (Å²) >= 11 is 0. The van der Waals surface area contributed by atoms with E-state index in [1.54, 1.807) is 12.1 Å². The minimum atomic E-state index is -0.288. The molecule has 4 nitrogen and oxygen atoms in total. The van der Waals surface area contributed by atoms with Gasteiger partial charge in [0.2, 0.25) is 5.91 Å². The van der Waals surface area contributed by atoms with Crippen LogP contribution in [0.4, 0.5) is 4.39 Å². The number of ether oxygens (including phenoxy) is 1. The van der Waals surface area contributed by atoms with Crippen LogP contribution in [0.3, 0.4) is 0 Å². The second kappa shape index (κ2) is 9.75. The van der Waals surface area contributed by atoms with Crippen molar-refractivity contribution in [2.45, 2.75) is 38.3 Å². The van der Waals surface area contributed by atoms with Crippen molar-refractivity contribution in [1.82, 2.24) is 9.80 Å². The van der Waals surface area contributed by atoms with Gasteiger partial charge in [0, 0.05) is 38.6 Å². The molecule has 0 bridgehead atoms. The number of carbonyl (C=O) groups is 1. The Hall–Kier alpha value is -3.18. The lowest BCUT2D eigenvalue weighted by Crippen LogP contribution is -2.41. The highest BCUT2D eigenvalue weighted by atomic mass is 19.1. The molecule has 5 heteroatoms. The average Bonchev–Trinajstić information content (AvgIpc) is 3.34. The summed E-state index contributed by atoms with van der Waals surface area (Å²) in [5, 5.41) is 0. The fourth-order valence-electron chi connectivity index (χ4n) is 4.91. The SMILES string of the molecule is O=C(CCc1cccc(Oc2ccc(F)cc2)c1)N1CCC(N2CCc3ccccc3C2)C1. The molecule has 1 fully saturated rings. The number of nitrogens with zero attached hydrogens (tertiary/aromatic N) is 2. The van der Waals surface area contributed by atoms with Gasteiger partial charge in [-0.3, -0.25) is 9.69 Å². The standard InChI is InChI=1S/C28H29FN2O2/c29-24-9-11-26(12-10-24)33-27-7-3-4-21(18-27)8-13-28(32)31-17-15-25(20-31)30-16-14-22-5-1-2-6-23(22)19-30/h1-7,9-12,18,25H,8,13-17,19-20H2. The molecule has 1 saturated heterocycles. The maximum atomic E-state index is 13.1. The Labute approximate surface area is 194 Å². The molecule has 3 aromatic carbocycles. The largest absolute Gasteiger partial charge is 0.457 e. The van der Waals surface area contributed by atoms with E-state index in [4.69, 9.17) is 4.74 Å². The maximum absolute atomic E-state index is 13.1. The van der Waals surface area contributed by atoms with E-state index >= 15 is 0 Å². The van der Waals surface area contributed by atoms with Crippen molar-refractivity contribution in [3.8, 4) is 11.5 Å². The van der Waals surface area contributed by atoms with Crippen LogP contribution in [-0.2, 0) is 24.2 Å². The van der Waals surface area contributed by atoms with E-state index in [0.29, 0.717) is 30.4 Å². The number of hydrogen-bond acceptors (Lipinski definition) is 3. The van der Waals surface area contributed by atoms with Gasteiger partial charge < -0.3 is 9.64 Å². The molecule has 170 valence electrons. The van der Waals surface area contributed by atoms with Crippen LogP contribution in [0.25, 0.3) is 0 Å². The second-order valence-electron chi connectivity index (χ2n) is 8.97. The molecule has 1 amide bonds. The summed E-state index contributed by atoms with van der Waals surface area (Å²) in [5.41, 5.74) is 3.95. The lowest BCUT2D eigenvalue weighted by molar-refractivity contribution is -0.130. The predicted octanol–water partition coefficient (Wildman–Crippen LogP) is 5.21. The van der Waals surface area contributed by atoms with Crippen LogP contribution in [0.2, 0.25) is 0 Å². The number of carbonyl (C=O) groups excluding carboxylic acids is 1. The topological polar surface area (TPSA) is 32.8 Å². The Kier molecular flexibility index (Phi) is 6.40. The Morgan fingerprint density at radius 3 is 2.61 bits per heavy atom. The average molecular weight is 445 g/mol. The van der Waals surface area contributed by atoms with E-state index in [9.17, 15) is 9.18 Å². The zero-order valence-electron chi connectivity index (χ0n) is 18.8. The maximum Gasteiger partial charge on any atom is 0.222 e. The van der Waals surface area contributed by atoms with Gasteiger partial charge in [0.05, 0.1) is 0 Å². The number of likely N-dealkylation sites (tertiary alicyclic amines) is 1. The number of aryl methyl sites for hydroxylation is 1. The summed E-state index contributed by atoms with van der Waals surface area (Å²) in [6, 6.07) is 22.9. The van der Waals surface area contributed by atoms with Crippen molar-refractivity contribution >= 4 is 5.91 Å². The highest BCUT2D eigenvalue weighted by Crippen LogP contribution is 2.26. The summed E-state index contributed by atoms with van der Waals surface area (Å²) in [4.78, 5) is 17.5. The predicted molar refractivity (Wildman–Crippen MR) is 127 cm³/mol. The highest BCUT2D eigenvalue weighted by molar-refractivity contribution is 5.76. The van der Waals surface area contributed by atoms with Gasteiger partial charge in [-0.05, 0) is 72.4 Å². The van der Waals surface area contributed by atoms with Gasteiger partial charge >= 0.3 is 0 Å². The lowest BCUT2D eigenvalue weighted by Gasteiger charge is -2.33. The van der Waals surface area contributed by atoms with Gasteiger partial charge in [0.15, 0.2) is 0 Å². The summed E-state index contributed by atoms with van der Waals surface area (Å²) in [6.07, 6.45) is 3.32. The number of rotatable bonds is 6. The van der Waals surface area contributed by atoms with Gasteiger partial charge in [-0.25, -0.2) is 4.39 Å². The molecule has 2 aliphatic rings. The third kappa shape index (κ3) is 5.25. The molecule has 0 radical (unpaired) electrons. The summed E-state index contributed by atoms with van der Waals surface area (Å²) in [7, 11) is 0. The quantitative estimate of drug-likeness (QED) is 0.523. The zero-order chi connectivity index (χ0) is 22.6. The highest BCUT2D eigenvalue weighted by Gasteiger charge is 2.31. The Morgan fingerprint density at radius 1 is 0.939 bits per heavy atom. The Balaban J connectivity index is 1.12. The summed E-state index contributed by atoms with van der Waals surface area (Å²) in [5.74, 6) is 1.22. The number of amides is 1. The fourth-order valence-corrected chi connectivity index (χ4v) is 4.91. The van der Waals surface area contributed by atoms with Crippen molar-refractivity contribution in [3.63, 3.8) is 0 Å². The van der Waals surface area contributed by atoms with E-state index < -0.39 is 0 Å². The third-order valence-corrected chi connectivity index (χ3v) is 6.77. The van der Waals surface area contributed by atoms with Crippen molar-refractivity contribution in [1.29, 1.82) is 0 Å². The molecular weight excluding hydrogens is 415 g/mol. The summed E-state index contributed by atoms with van der Waals surface area (Å²) < 4.78 is 18.9. The van der Waals surface area contributed by atoms with Crippen LogP contribution in [0.15, 0.2) is 72.8 Å². The number of benzene rings is 3. The normalized spacial score (nSPS) is 18.2. The smallest absolute Gasteiger partial charge is 0.222 e. The zero-order valence-corrected chi connectivity index (χ0v) is 18.8. The van der Waals surface area contributed by atoms with Crippen LogP contribution in [0.1, 0.15) is 29.5 Å². The molecule has 0 aliphatic carbocycles. The second-order valence-corrected chi connectivity index (χ2v) is 8.97. The van der Waals surface area contributed by atoms with Crippen LogP contribution in [-0.4, -0.2) is 41.4 Å². The van der Waals surface area contributed by atoms with E-state index in [1.165, 1.54) is 23.3 Å². The third-order valence-electron chi connectivity index (χ3n) is 6.77. The first-order valence-corrected chi connectivity index (χ1v) is 11.7. The number of halogens is 1. The molecule has 2 aliphatic heterocycles. The van der Waals surface area contributed by atoms with Gasteiger partial charge in [0.1, 0.15) is 17.3 Å². The van der Waals surface area contributed by atoms with Gasteiger partial charge in [-0.15, -0.1) is 0 Å². The van der Waals surface area contributed by atoms with Gasteiger partial charge in [-0.2, -0.15) is 0 Å². The van der Waals surface area contributed by atoms with E-state index in [2.05, 4.69) is 29.2 Å². The molecule has 0 spiro atoms. The van der Waals surface area contributed by atoms with Gasteiger partial charge in [0.25, 0.3) is 0 Å². The molecule has 5 rings (SSSR count). The monoisotopic (exact) mass is 444 g/mol. The first-order chi connectivity index (χ1) is 16.1. The van der Waals surface area contributed by atoms with Crippen LogP contribution < -0.4 is 4.74 Å². The van der Waals surface area contributed by atoms with Crippen LogP contribution in [0, 0.1) is 5.82 Å². The molecule has 0 aromatic heterocycles. The minimum Gasteiger partial charge on any atom is -0.457 e. The van der Waals surface area contributed by atoms with Crippen LogP contribution in [0.5, 0.6) is 11.5 Å². The fraction of sp³-hybridized carbons (Fsp3) is 0.321. The molecule has 2 heterocycles. The lowest BCUT2D eigenvalue weighted by atomic mass is 9.98. The summed E-state index contributed by atoms with van der Waals surface area (Å²) in [6.45, 7) is 3.73. The molecule has 33 heavy (non-hydrogen) atoms. The van der Waals surface area contributed by atoms with Crippen molar-refractivity contribution < 1.29 is 13.9 Å². The molecular formula is C28H29FN2O2. The molecule has 0 N–H and O–H groups in total. The first kappa shape index (κ1) is 21.7. The van der Waals surface area contributed by atoms with Crippen LogP contribution >= 0.6 is 0 Å². The Bertz CT molecular complexity index is 1110. The molecule has 3 aromatic rings. The number of hydrogen-bond donors (Lipinski definition) is 0. The van der Waals surface area contributed by atoms with Gasteiger partial charge in [-0.1, -0.05) is 36.4 Å². The van der Waals surface area contributed by atoms with Crippen molar-refractivity contribution in [2.75, 3.05) is 19.6 Å². The molecule has 1 atom stereocenters. The van der Waals surface area contributed by atoms with Crippen molar-refractivity contribution in [2.24, 2.45) is 0 Å². The Morgan fingerprint density at radius 2 is 1.76 bits per heavy atom. The van der Waals surface area contributed by atoms with E-state index in [1.807, 2.05) is 29.2 Å². The first-order valence-electron chi connectivity index (χ1n) is 11.7. The molecule has 0 saturated carbocycles. The molecule has 1 unspecified atom stereocenters. The van der Waals surface area contributed by atoms with E-state index in [0.717, 1.165) is 44.6 Å². The van der Waals surface area contributed by atoms with E-state index in [-0.39, 0.29) is 11.7 Å². The number of fused-ring (bicyclic) bond motifs is 1. The minimum absolute atomic E-state index is 0.222.